The third-order valence-electron chi connectivity index (χ3n) is 2.46. The van der Waals surface area contributed by atoms with Crippen LogP contribution in [0.1, 0.15) is 25.8 Å². The molecule has 2 rings (SSSR count). The maximum atomic E-state index is 13.5. The van der Waals surface area contributed by atoms with E-state index in [-0.39, 0.29) is 5.56 Å². The number of nitrogens with zero attached hydrogens (tertiary/aromatic N) is 1. The fourth-order valence-electron chi connectivity index (χ4n) is 1.56. The van der Waals surface area contributed by atoms with E-state index in [9.17, 15) is 9.18 Å². The quantitative estimate of drug-likeness (QED) is 0.926. The van der Waals surface area contributed by atoms with Crippen LogP contribution in [0.15, 0.2) is 24.4 Å². The summed E-state index contributed by atoms with van der Waals surface area (Å²) in [5.41, 5.74) is 0.937. The summed E-state index contributed by atoms with van der Waals surface area (Å²) in [6.07, 6.45) is 1.72. The third-order valence-corrected chi connectivity index (χ3v) is 3.37. The SMILES string of the molecule is Cc1ccc(F)c(C(=O)NCc2cnc(C)s2)c1. The molecule has 0 atom stereocenters. The topological polar surface area (TPSA) is 42.0 Å². The summed E-state index contributed by atoms with van der Waals surface area (Å²) in [5, 5.41) is 3.63. The zero-order chi connectivity index (χ0) is 13.1. The molecule has 0 aliphatic rings. The first-order chi connectivity index (χ1) is 8.56. The minimum Gasteiger partial charge on any atom is -0.347 e. The first-order valence-electron chi connectivity index (χ1n) is 5.52. The summed E-state index contributed by atoms with van der Waals surface area (Å²) in [6, 6.07) is 4.49. The minimum absolute atomic E-state index is 0.0798. The normalized spacial score (nSPS) is 10.4. The molecule has 0 bridgehead atoms. The van der Waals surface area contributed by atoms with Gasteiger partial charge in [0.2, 0.25) is 0 Å². The van der Waals surface area contributed by atoms with Gasteiger partial charge in [0, 0.05) is 11.1 Å². The number of aryl methyl sites for hydroxylation is 2. The maximum Gasteiger partial charge on any atom is 0.254 e. The van der Waals surface area contributed by atoms with Crippen molar-refractivity contribution >= 4 is 17.2 Å². The highest BCUT2D eigenvalue weighted by Gasteiger charge is 2.11. The Morgan fingerprint density at radius 2 is 2.22 bits per heavy atom. The van der Waals surface area contributed by atoms with Crippen molar-refractivity contribution in [3.63, 3.8) is 0 Å². The number of rotatable bonds is 3. The van der Waals surface area contributed by atoms with Gasteiger partial charge in [0.25, 0.3) is 5.91 Å². The van der Waals surface area contributed by atoms with Gasteiger partial charge in [-0.2, -0.15) is 0 Å². The first-order valence-corrected chi connectivity index (χ1v) is 6.33. The van der Waals surface area contributed by atoms with Crippen LogP contribution in [-0.2, 0) is 6.54 Å². The van der Waals surface area contributed by atoms with E-state index in [0.29, 0.717) is 6.54 Å². The maximum absolute atomic E-state index is 13.5. The van der Waals surface area contributed by atoms with Crippen molar-refractivity contribution in [2.24, 2.45) is 0 Å². The van der Waals surface area contributed by atoms with Crippen molar-refractivity contribution < 1.29 is 9.18 Å². The fourth-order valence-corrected chi connectivity index (χ4v) is 2.30. The van der Waals surface area contributed by atoms with Crippen LogP contribution in [0.4, 0.5) is 4.39 Å². The van der Waals surface area contributed by atoms with Crippen LogP contribution in [0.2, 0.25) is 0 Å². The van der Waals surface area contributed by atoms with Gasteiger partial charge in [-0.1, -0.05) is 11.6 Å². The Kier molecular flexibility index (Phi) is 3.72. The molecule has 0 radical (unpaired) electrons. The molecule has 5 heteroatoms. The third kappa shape index (κ3) is 2.92. The summed E-state index contributed by atoms with van der Waals surface area (Å²) in [7, 11) is 0. The van der Waals surface area contributed by atoms with Crippen LogP contribution in [0.5, 0.6) is 0 Å². The number of carbonyl (C=O) groups is 1. The fraction of sp³-hybridized carbons (Fsp3) is 0.231. The summed E-state index contributed by atoms with van der Waals surface area (Å²) < 4.78 is 13.5. The second-order valence-corrected chi connectivity index (χ2v) is 5.33. The Balaban J connectivity index is 2.05. The zero-order valence-electron chi connectivity index (χ0n) is 10.2. The summed E-state index contributed by atoms with van der Waals surface area (Å²) in [4.78, 5) is 16.9. The minimum atomic E-state index is -0.501. The van der Waals surface area contributed by atoms with Crippen molar-refractivity contribution in [2.45, 2.75) is 20.4 Å². The standard InChI is InChI=1S/C13H13FN2OS/c1-8-3-4-12(14)11(5-8)13(17)16-7-10-6-15-9(2)18-10/h3-6H,7H2,1-2H3,(H,16,17). The Labute approximate surface area is 109 Å². The van der Waals surface area contributed by atoms with Gasteiger partial charge in [-0.3, -0.25) is 4.79 Å². The van der Waals surface area contributed by atoms with Crippen LogP contribution in [-0.4, -0.2) is 10.9 Å². The monoisotopic (exact) mass is 264 g/mol. The van der Waals surface area contributed by atoms with Crippen molar-refractivity contribution in [3.8, 4) is 0 Å². The van der Waals surface area contributed by atoms with Gasteiger partial charge in [0.15, 0.2) is 0 Å². The summed E-state index contributed by atoms with van der Waals surface area (Å²) >= 11 is 1.51. The number of amides is 1. The smallest absolute Gasteiger partial charge is 0.254 e. The molecule has 3 nitrogen and oxygen atoms in total. The van der Waals surface area contributed by atoms with Crippen LogP contribution < -0.4 is 5.32 Å². The molecule has 1 amide bonds. The average molecular weight is 264 g/mol. The molecule has 94 valence electrons. The van der Waals surface area contributed by atoms with Crippen molar-refractivity contribution in [2.75, 3.05) is 0 Å². The van der Waals surface area contributed by atoms with Gasteiger partial charge in [-0.05, 0) is 26.0 Å². The number of nitrogens with one attached hydrogen (secondary N) is 1. The lowest BCUT2D eigenvalue weighted by molar-refractivity contribution is 0.0947. The molecule has 0 unspecified atom stereocenters. The molecular formula is C13H13FN2OS. The molecule has 18 heavy (non-hydrogen) atoms. The highest BCUT2D eigenvalue weighted by molar-refractivity contribution is 7.11. The predicted molar refractivity (Wildman–Crippen MR) is 69.2 cm³/mol. The zero-order valence-corrected chi connectivity index (χ0v) is 11.0. The highest BCUT2D eigenvalue weighted by Crippen LogP contribution is 2.13. The number of halogens is 1. The molecule has 1 aromatic carbocycles. The Morgan fingerprint density at radius 3 is 2.89 bits per heavy atom. The molecular weight excluding hydrogens is 251 g/mol. The number of thiazole rings is 1. The second kappa shape index (κ2) is 5.27. The van der Waals surface area contributed by atoms with E-state index >= 15 is 0 Å². The van der Waals surface area contributed by atoms with Gasteiger partial charge < -0.3 is 5.32 Å². The molecule has 0 aliphatic carbocycles. The van der Waals surface area contributed by atoms with E-state index in [0.717, 1.165) is 15.4 Å². The summed E-state index contributed by atoms with van der Waals surface area (Å²) in [6.45, 7) is 4.09. The summed E-state index contributed by atoms with van der Waals surface area (Å²) in [5.74, 6) is -0.902. The van der Waals surface area contributed by atoms with Crippen molar-refractivity contribution in [1.82, 2.24) is 10.3 Å². The highest BCUT2D eigenvalue weighted by atomic mass is 32.1. The van der Waals surface area contributed by atoms with Crippen LogP contribution >= 0.6 is 11.3 Å². The average Bonchev–Trinajstić information content (AvgIpc) is 2.75. The lowest BCUT2D eigenvalue weighted by Gasteiger charge is -2.05. The van der Waals surface area contributed by atoms with E-state index in [1.165, 1.54) is 17.4 Å². The van der Waals surface area contributed by atoms with Gasteiger partial charge in [0.1, 0.15) is 5.82 Å². The van der Waals surface area contributed by atoms with Crippen LogP contribution in [0, 0.1) is 19.7 Å². The number of hydrogen-bond acceptors (Lipinski definition) is 3. The molecule has 1 aromatic heterocycles. The molecule has 1 N–H and O–H groups in total. The molecule has 0 aliphatic heterocycles. The molecule has 0 saturated carbocycles. The first kappa shape index (κ1) is 12.7. The van der Waals surface area contributed by atoms with Crippen molar-refractivity contribution in [3.05, 3.63) is 51.2 Å². The van der Waals surface area contributed by atoms with Crippen LogP contribution in [0.3, 0.4) is 0 Å². The van der Waals surface area contributed by atoms with E-state index < -0.39 is 11.7 Å². The Bertz CT molecular complexity index is 580. The number of aromatic nitrogens is 1. The predicted octanol–water partition coefficient (Wildman–Crippen LogP) is 2.83. The van der Waals surface area contributed by atoms with Gasteiger partial charge in [-0.25, -0.2) is 9.37 Å². The largest absolute Gasteiger partial charge is 0.347 e. The van der Waals surface area contributed by atoms with Gasteiger partial charge >= 0.3 is 0 Å². The van der Waals surface area contributed by atoms with Crippen molar-refractivity contribution in [1.29, 1.82) is 0 Å². The number of hydrogen-bond donors (Lipinski definition) is 1. The van der Waals surface area contributed by atoms with Crippen LogP contribution in [0.25, 0.3) is 0 Å². The van der Waals surface area contributed by atoms with Gasteiger partial charge in [-0.15, -0.1) is 11.3 Å². The lowest BCUT2D eigenvalue weighted by Crippen LogP contribution is -2.23. The molecule has 1 heterocycles. The van der Waals surface area contributed by atoms with E-state index in [4.69, 9.17) is 0 Å². The van der Waals surface area contributed by atoms with Gasteiger partial charge in [0.05, 0.1) is 17.1 Å². The van der Waals surface area contributed by atoms with E-state index in [2.05, 4.69) is 10.3 Å². The molecule has 2 aromatic rings. The molecule has 0 saturated heterocycles. The lowest BCUT2D eigenvalue weighted by atomic mass is 10.1. The number of benzene rings is 1. The molecule has 0 spiro atoms. The molecule has 0 fully saturated rings. The Hall–Kier alpha value is -1.75. The Morgan fingerprint density at radius 1 is 1.44 bits per heavy atom. The number of carbonyl (C=O) groups excluding carboxylic acids is 1. The van der Waals surface area contributed by atoms with E-state index in [1.54, 1.807) is 18.3 Å². The second-order valence-electron chi connectivity index (χ2n) is 4.01. The van der Waals surface area contributed by atoms with E-state index in [1.807, 2.05) is 13.8 Å².